The topological polar surface area (TPSA) is 26.3 Å². The van der Waals surface area contributed by atoms with Gasteiger partial charge in [-0.05, 0) is 40.2 Å². The summed E-state index contributed by atoms with van der Waals surface area (Å²) in [7, 11) is 1.38. The third kappa shape index (κ3) is 2.83. The zero-order chi connectivity index (χ0) is 14.9. The minimum atomic E-state index is -0.784. The van der Waals surface area contributed by atoms with E-state index in [4.69, 9.17) is 16.3 Å². The van der Waals surface area contributed by atoms with E-state index in [2.05, 4.69) is 15.9 Å². The number of methoxy groups -OCH3 is 1. The summed E-state index contributed by atoms with van der Waals surface area (Å²) < 4.78 is 32.8. The maximum absolute atomic E-state index is 13.8. The Kier molecular flexibility index (Phi) is 4.40. The second-order valence-corrected chi connectivity index (χ2v) is 5.18. The monoisotopic (exact) mass is 360 g/mol. The van der Waals surface area contributed by atoms with Crippen molar-refractivity contribution in [1.29, 1.82) is 0 Å². The second-order valence-electron chi connectivity index (χ2n) is 3.92. The van der Waals surface area contributed by atoms with E-state index >= 15 is 0 Å². The molecule has 0 N–H and O–H groups in total. The first-order valence-electron chi connectivity index (χ1n) is 5.47. The lowest BCUT2D eigenvalue weighted by molar-refractivity contribution is 0.103. The lowest BCUT2D eigenvalue weighted by atomic mass is 10.0. The van der Waals surface area contributed by atoms with Gasteiger partial charge >= 0.3 is 0 Å². The van der Waals surface area contributed by atoms with Gasteiger partial charge in [-0.25, -0.2) is 8.78 Å². The highest BCUT2D eigenvalue weighted by molar-refractivity contribution is 9.10. The number of rotatable bonds is 3. The predicted octanol–water partition coefficient (Wildman–Crippen LogP) is 4.62. The molecule has 0 atom stereocenters. The van der Waals surface area contributed by atoms with Crippen molar-refractivity contribution in [3.05, 3.63) is 62.6 Å². The van der Waals surface area contributed by atoms with Gasteiger partial charge in [-0.15, -0.1) is 0 Å². The Balaban J connectivity index is 2.49. The zero-order valence-corrected chi connectivity index (χ0v) is 12.6. The maximum Gasteiger partial charge on any atom is 0.198 e. The summed E-state index contributed by atoms with van der Waals surface area (Å²) in [5, 5.41) is 0.170. The number of halogens is 4. The fourth-order valence-corrected chi connectivity index (χ4v) is 2.13. The first-order valence-corrected chi connectivity index (χ1v) is 6.64. The number of benzene rings is 2. The van der Waals surface area contributed by atoms with Crippen LogP contribution < -0.4 is 4.74 Å². The first kappa shape index (κ1) is 14.9. The summed E-state index contributed by atoms with van der Waals surface area (Å²) in [4.78, 5) is 12.2. The molecule has 2 aromatic carbocycles. The van der Waals surface area contributed by atoms with E-state index in [1.165, 1.54) is 19.2 Å². The quantitative estimate of drug-likeness (QED) is 0.589. The molecule has 0 fully saturated rings. The lowest BCUT2D eigenvalue weighted by Crippen LogP contribution is -2.07. The maximum atomic E-state index is 13.8. The largest absolute Gasteiger partial charge is 0.497 e. The van der Waals surface area contributed by atoms with Crippen LogP contribution in [0.5, 0.6) is 5.75 Å². The molecule has 0 bridgehead atoms. The molecule has 0 aromatic heterocycles. The van der Waals surface area contributed by atoms with E-state index in [0.29, 0.717) is 4.47 Å². The van der Waals surface area contributed by atoms with Gasteiger partial charge in [-0.1, -0.05) is 11.6 Å². The highest BCUT2D eigenvalue weighted by Crippen LogP contribution is 2.28. The summed E-state index contributed by atoms with van der Waals surface area (Å²) in [6.45, 7) is 0. The average molecular weight is 362 g/mol. The van der Waals surface area contributed by atoms with Crippen LogP contribution in [0.4, 0.5) is 8.78 Å². The third-order valence-corrected chi connectivity index (χ3v) is 3.87. The van der Waals surface area contributed by atoms with Crippen LogP contribution in [0.3, 0.4) is 0 Å². The summed E-state index contributed by atoms with van der Waals surface area (Å²) in [5.74, 6) is -2.07. The number of hydrogen-bond acceptors (Lipinski definition) is 2. The molecule has 2 nitrogen and oxygen atoms in total. The van der Waals surface area contributed by atoms with Gasteiger partial charge in [0.2, 0.25) is 0 Å². The Hall–Kier alpha value is -1.46. The number of carbonyl (C=O) groups is 1. The highest BCUT2D eigenvalue weighted by Gasteiger charge is 2.19. The minimum absolute atomic E-state index is 0.170. The molecule has 0 heterocycles. The van der Waals surface area contributed by atoms with E-state index in [0.717, 1.165) is 18.2 Å². The highest BCUT2D eigenvalue weighted by atomic mass is 79.9. The second kappa shape index (κ2) is 5.89. The first-order chi connectivity index (χ1) is 9.43. The Morgan fingerprint density at radius 3 is 2.40 bits per heavy atom. The molecular formula is C14H8BrClF2O2. The van der Waals surface area contributed by atoms with Crippen LogP contribution in [0.15, 0.2) is 34.8 Å². The van der Waals surface area contributed by atoms with Crippen LogP contribution in [0.2, 0.25) is 5.02 Å². The van der Waals surface area contributed by atoms with Gasteiger partial charge in [-0.2, -0.15) is 0 Å². The van der Waals surface area contributed by atoms with Crippen molar-refractivity contribution in [3.63, 3.8) is 0 Å². The molecule has 2 aromatic rings. The molecule has 6 heteroatoms. The molecule has 0 aliphatic heterocycles. The van der Waals surface area contributed by atoms with E-state index in [1.54, 1.807) is 0 Å². The van der Waals surface area contributed by atoms with Gasteiger partial charge < -0.3 is 4.74 Å². The van der Waals surface area contributed by atoms with Gasteiger partial charge in [0.15, 0.2) is 5.78 Å². The van der Waals surface area contributed by atoms with Gasteiger partial charge in [0.05, 0.1) is 23.3 Å². The SMILES string of the molecule is COc1ccc(C(=O)c2cc(Cl)c(Br)cc2F)c(F)c1. The molecule has 0 saturated carbocycles. The van der Waals surface area contributed by atoms with Crippen molar-refractivity contribution in [1.82, 2.24) is 0 Å². The molecule has 0 saturated heterocycles. The van der Waals surface area contributed by atoms with Crippen molar-refractivity contribution in [2.75, 3.05) is 7.11 Å². The molecule has 0 radical (unpaired) electrons. The Bertz CT molecular complexity index is 689. The number of hydrogen-bond donors (Lipinski definition) is 0. The van der Waals surface area contributed by atoms with Crippen LogP contribution in [-0.2, 0) is 0 Å². The molecule has 0 aliphatic carbocycles. The summed E-state index contributed by atoms with van der Waals surface area (Å²) in [6.07, 6.45) is 0. The number of ether oxygens (including phenoxy) is 1. The van der Waals surface area contributed by atoms with E-state index in [9.17, 15) is 13.6 Å². The molecule has 0 unspecified atom stereocenters. The Morgan fingerprint density at radius 1 is 1.15 bits per heavy atom. The molecule has 0 aliphatic rings. The molecule has 0 spiro atoms. The molecular weight excluding hydrogens is 354 g/mol. The predicted molar refractivity (Wildman–Crippen MR) is 75.5 cm³/mol. The van der Waals surface area contributed by atoms with Gasteiger partial charge in [0.25, 0.3) is 0 Å². The zero-order valence-electron chi connectivity index (χ0n) is 10.2. The van der Waals surface area contributed by atoms with Crippen molar-refractivity contribution < 1.29 is 18.3 Å². The Labute approximate surface area is 127 Å². The van der Waals surface area contributed by atoms with Crippen LogP contribution in [-0.4, -0.2) is 12.9 Å². The van der Waals surface area contributed by atoms with Gasteiger partial charge in [0, 0.05) is 10.5 Å². The van der Waals surface area contributed by atoms with Crippen molar-refractivity contribution in [3.8, 4) is 5.75 Å². The van der Waals surface area contributed by atoms with Crippen molar-refractivity contribution in [2.24, 2.45) is 0 Å². The Morgan fingerprint density at radius 2 is 1.80 bits per heavy atom. The van der Waals surface area contributed by atoms with Crippen LogP contribution in [0.25, 0.3) is 0 Å². The summed E-state index contributed by atoms with van der Waals surface area (Å²) in [6, 6.07) is 5.95. The fraction of sp³-hybridized carbons (Fsp3) is 0.0714. The van der Waals surface area contributed by atoms with Gasteiger partial charge in [0.1, 0.15) is 17.4 Å². The molecule has 2 rings (SSSR count). The molecule has 20 heavy (non-hydrogen) atoms. The smallest absolute Gasteiger partial charge is 0.198 e. The molecule has 0 amide bonds. The van der Waals surface area contributed by atoms with E-state index in [1.807, 2.05) is 0 Å². The average Bonchev–Trinajstić information content (AvgIpc) is 2.42. The fourth-order valence-electron chi connectivity index (χ4n) is 1.65. The third-order valence-electron chi connectivity index (χ3n) is 2.68. The minimum Gasteiger partial charge on any atom is -0.497 e. The summed E-state index contributed by atoms with van der Waals surface area (Å²) >= 11 is 8.87. The lowest BCUT2D eigenvalue weighted by Gasteiger charge is -2.07. The van der Waals surface area contributed by atoms with Crippen LogP contribution in [0, 0.1) is 11.6 Å². The van der Waals surface area contributed by atoms with Gasteiger partial charge in [-0.3, -0.25) is 4.79 Å². The summed E-state index contributed by atoms with van der Waals surface area (Å²) in [5.41, 5.74) is -0.537. The number of ketones is 1. The van der Waals surface area contributed by atoms with Crippen molar-refractivity contribution in [2.45, 2.75) is 0 Å². The normalized spacial score (nSPS) is 10.4. The standard InChI is InChI=1S/C14H8BrClF2O2/c1-20-7-2-3-8(12(17)4-7)14(19)9-5-11(16)10(15)6-13(9)18/h2-6H,1H3. The van der Waals surface area contributed by atoms with Crippen molar-refractivity contribution >= 4 is 33.3 Å². The van der Waals surface area contributed by atoms with Crippen LogP contribution in [0.1, 0.15) is 15.9 Å². The van der Waals surface area contributed by atoms with Crippen LogP contribution >= 0.6 is 27.5 Å². The van der Waals surface area contributed by atoms with E-state index < -0.39 is 17.4 Å². The molecule has 104 valence electrons. The van der Waals surface area contributed by atoms with E-state index in [-0.39, 0.29) is 21.9 Å². The number of carbonyl (C=O) groups excluding carboxylic acids is 1.